The van der Waals surface area contributed by atoms with Crippen LogP contribution in [0.1, 0.15) is 36.5 Å². The van der Waals surface area contributed by atoms with Crippen LogP contribution in [0.4, 0.5) is 13.2 Å². The van der Waals surface area contributed by atoms with Crippen LogP contribution in [-0.4, -0.2) is 24.5 Å². The zero-order valence-corrected chi connectivity index (χ0v) is 14.2. The molecule has 2 nitrogen and oxygen atoms in total. The molecule has 2 unspecified atom stereocenters. The maximum Gasteiger partial charge on any atom is 0.416 e. The highest BCUT2D eigenvalue weighted by atomic mass is 19.4. The molecule has 1 aliphatic rings. The number of rotatable bonds is 5. The zero-order valence-electron chi connectivity index (χ0n) is 14.2. The lowest BCUT2D eigenvalue weighted by Crippen LogP contribution is -2.28. The van der Waals surface area contributed by atoms with E-state index < -0.39 is 11.7 Å². The maximum absolute atomic E-state index is 12.9. The molecule has 0 bridgehead atoms. The second kappa shape index (κ2) is 7.48. The molecule has 1 saturated heterocycles. The third-order valence-electron chi connectivity index (χ3n) is 4.77. The zero-order chi connectivity index (χ0) is 17.9. The van der Waals surface area contributed by atoms with Gasteiger partial charge in [-0.05, 0) is 50.2 Å². The first kappa shape index (κ1) is 17.8. The van der Waals surface area contributed by atoms with Gasteiger partial charge in [-0.1, -0.05) is 36.4 Å². The highest BCUT2D eigenvalue weighted by Crippen LogP contribution is 2.34. The molecular formula is C20H22F3NO. The van der Waals surface area contributed by atoms with Crippen molar-refractivity contribution in [3.05, 3.63) is 65.7 Å². The molecule has 3 rings (SSSR count). The lowest BCUT2D eigenvalue weighted by Gasteiger charge is -2.26. The highest BCUT2D eigenvalue weighted by Gasteiger charge is 2.31. The van der Waals surface area contributed by atoms with Gasteiger partial charge >= 0.3 is 6.18 Å². The monoisotopic (exact) mass is 349 g/mol. The van der Waals surface area contributed by atoms with E-state index in [1.54, 1.807) is 6.07 Å². The molecule has 1 fully saturated rings. The largest absolute Gasteiger partial charge is 0.486 e. The van der Waals surface area contributed by atoms with E-state index in [4.69, 9.17) is 4.74 Å². The molecule has 2 aromatic rings. The summed E-state index contributed by atoms with van der Waals surface area (Å²) in [7, 11) is 2.09. The number of hydrogen-bond acceptors (Lipinski definition) is 2. The molecule has 25 heavy (non-hydrogen) atoms. The molecule has 0 saturated carbocycles. The Hall–Kier alpha value is -2.01. The van der Waals surface area contributed by atoms with Gasteiger partial charge in [-0.25, -0.2) is 0 Å². The molecule has 2 atom stereocenters. The Morgan fingerprint density at radius 3 is 2.52 bits per heavy atom. The van der Waals surface area contributed by atoms with Crippen LogP contribution >= 0.6 is 0 Å². The molecule has 5 heteroatoms. The van der Waals surface area contributed by atoms with E-state index in [9.17, 15) is 13.2 Å². The summed E-state index contributed by atoms with van der Waals surface area (Å²) in [6.07, 6.45) is -1.64. The standard InChI is InChI=1S/C20H22F3NO/c1-24-12-6-10-17(24)14-19(15-7-3-2-4-8-15)25-18-11-5-9-16(13-18)20(21,22)23/h2-5,7-9,11,13,17,19H,6,10,12,14H2,1H3. The lowest BCUT2D eigenvalue weighted by molar-refractivity contribution is -0.137. The van der Waals surface area contributed by atoms with E-state index in [0.29, 0.717) is 6.04 Å². The van der Waals surface area contributed by atoms with Crippen molar-refractivity contribution in [1.29, 1.82) is 0 Å². The first-order chi connectivity index (χ1) is 11.9. The van der Waals surface area contributed by atoms with Crippen molar-refractivity contribution in [3.8, 4) is 5.75 Å². The number of hydrogen-bond donors (Lipinski definition) is 0. The SMILES string of the molecule is CN1CCCC1CC(Oc1cccc(C(F)(F)F)c1)c1ccccc1. The first-order valence-corrected chi connectivity index (χ1v) is 8.52. The van der Waals surface area contributed by atoms with Crippen molar-refractivity contribution in [2.45, 2.75) is 37.6 Å². The molecule has 1 heterocycles. The fraction of sp³-hybridized carbons (Fsp3) is 0.400. The summed E-state index contributed by atoms with van der Waals surface area (Å²) in [6, 6.07) is 15.2. The van der Waals surface area contributed by atoms with Crippen LogP contribution in [0.2, 0.25) is 0 Å². The molecule has 0 amide bonds. The number of nitrogens with zero attached hydrogens (tertiary/aromatic N) is 1. The average Bonchev–Trinajstić information content (AvgIpc) is 2.99. The third-order valence-corrected chi connectivity index (χ3v) is 4.77. The van der Waals surface area contributed by atoms with Crippen LogP contribution in [0.25, 0.3) is 0 Å². The summed E-state index contributed by atoms with van der Waals surface area (Å²) in [4.78, 5) is 2.30. The summed E-state index contributed by atoms with van der Waals surface area (Å²) in [5.74, 6) is 0.254. The Morgan fingerprint density at radius 2 is 1.88 bits per heavy atom. The van der Waals surface area contributed by atoms with E-state index in [1.807, 2.05) is 30.3 Å². The molecule has 0 spiro atoms. The van der Waals surface area contributed by atoms with Gasteiger partial charge in [0, 0.05) is 12.5 Å². The van der Waals surface area contributed by atoms with Gasteiger partial charge in [-0.2, -0.15) is 13.2 Å². The van der Waals surface area contributed by atoms with Gasteiger partial charge in [-0.15, -0.1) is 0 Å². The van der Waals surface area contributed by atoms with E-state index in [-0.39, 0.29) is 11.9 Å². The molecule has 134 valence electrons. The molecule has 0 aliphatic carbocycles. The quantitative estimate of drug-likeness (QED) is 0.725. The molecular weight excluding hydrogens is 327 g/mol. The Bertz CT molecular complexity index is 687. The molecule has 1 aliphatic heterocycles. The van der Waals surface area contributed by atoms with Crippen LogP contribution < -0.4 is 4.74 Å². The van der Waals surface area contributed by atoms with Crippen LogP contribution in [-0.2, 0) is 6.18 Å². The van der Waals surface area contributed by atoms with Crippen molar-refractivity contribution < 1.29 is 17.9 Å². The number of ether oxygens (including phenoxy) is 1. The fourth-order valence-electron chi connectivity index (χ4n) is 3.35. The van der Waals surface area contributed by atoms with Gasteiger partial charge in [0.25, 0.3) is 0 Å². The summed E-state index contributed by atoms with van der Waals surface area (Å²) in [6.45, 7) is 1.05. The van der Waals surface area contributed by atoms with Crippen LogP contribution in [0.15, 0.2) is 54.6 Å². The predicted molar refractivity (Wildman–Crippen MR) is 91.5 cm³/mol. The summed E-state index contributed by atoms with van der Waals surface area (Å²) < 4.78 is 44.9. The van der Waals surface area contributed by atoms with Crippen molar-refractivity contribution in [1.82, 2.24) is 4.90 Å². The van der Waals surface area contributed by atoms with Crippen molar-refractivity contribution in [2.75, 3.05) is 13.6 Å². The Balaban J connectivity index is 1.82. The van der Waals surface area contributed by atoms with Crippen LogP contribution in [0, 0.1) is 0 Å². The Labute approximate surface area is 146 Å². The van der Waals surface area contributed by atoms with Crippen molar-refractivity contribution in [2.24, 2.45) is 0 Å². The predicted octanol–water partition coefficient (Wildman–Crippen LogP) is 5.31. The maximum atomic E-state index is 12.9. The topological polar surface area (TPSA) is 12.5 Å². The minimum absolute atomic E-state index is 0.254. The van der Waals surface area contributed by atoms with Crippen LogP contribution in [0.5, 0.6) is 5.75 Å². The van der Waals surface area contributed by atoms with Gasteiger partial charge in [0.05, 0.1) is 5.56 Å². The van der Waals surface area contributed by atoms with Crippen molar-refractivity contribution in [3.63, 3.8) is 0 Å². The molecule has 2 aromatic carbocycles. The number of benzene rings is 2. The number of halogens is 3. The van der Waals surface area contributed by atoms with Gasteiger partial charge in [-0.3, -0.25) is 0 Å². The Kier molecular flexibility index (Phi) is 5.33. The van der Waals surface area contributed by atoms with Crippen molar-refractivity contribution >= 4 is 0 Å². The van der Waals surface area contributed by atoms with Crippen LogP contribution in [0.3, 0.4) is 0 Å². The molecule has 0 aromatic heterocycles. The van der Waals surface area contributed by atoms with Gasteiger partial charge in [0.2, 0.25) is 0 Å². The summed E-state index contributed by atoms with van der Waals surface area (Å²) in [5, 5.41) is 0. The fourth-order valence-corrected chi connectivity index (χ4v) is 3.35. The Morgan fingerprint density at radius 1 is 1.12 bits per heavy atom. The van der Waals surface area contributed by atoms with Gasteiger partial charge < -0.3 is 9.64 Å². The van der Waals surface area contributed by atoms with E-state index in [1.165, 1.54) is 6.07 Å². The van der Waals surface area contributed by atoms with E-state index >= 15 is 0 Å². The summed E-state index contributed by atoms with van der Waals surface area (Å²) >= 11 is 0. The molecule has 0 radical (unpaired) electrons. The van der Waals surface area contributed by atoms with E-state index in [0.717, 1.165) is 43.5 Å². The lowest BCUT2D eigenvalue weighted by atomic mass is 10.00. The third kappa shape index (κ3) is 4.54. The number of likely N-dealkylation sites (tertiary alicyclic amines) is 1. The second-order valence-corrected chi connectivity index (χ2v) is 6.56. The minimum Gasteiger partial charge on any atom is -0.486 e. The molecule has 0 N–H and O–H groups in total. The second-order valence-electron chi connectivity index (χ2n) is 6.56. The summed E-state index contributed by atoms with van der Waals surface area (Å²) in [5.41, 5.74) is 0.301. The smallest absolute Gasteiger partial charge is 0.416 e. The van der Waals surface area contributed by atoms with E-state index in [2.05, 4.69) is 11.9 Å². The first-order valence-electron chi connectivity index (χ1n) is 8.52. The van der Waals surface area contributed by atoms with Gasteiger partial charge in [0.1, 0.15) is 11.9 Å². The number of alkyl halides is 3. The minimum atomic E-state index is -4.37. The van der Waals surface area contributed by atoms with Gasteiger partial charge in [0.15, 0.2) is 0 Å². The average molecular weight is 349 g/mol. The normalized spacial score (nSPS) is 19.8. The highest BCUT2D eigenvalue weighted by molar-refractivity contribution is 5.31.